The summed E-state index contributed by atoms with van der Waals surface area (Å²) in [6, 6.07) is 4.08. The zero-order valence-electron chi connectivity index (χ0n) is 13.4. The van der Waals surface area contributed by atoms with Gasteiger partial charge in [0, 0.05) is 13.0 Å². The number of hydrogen-bond donors (Lipinski definition) is 1. The molecule has 3 rings (SSSR count). The van der Waals surface area contributed by atoms with Crippen molar-refractivity contribution >= 4 is 5.82 Å². The Morgan fingerprint density at radius 2 is 2.05 bits per heavy atom. The van der Waals surface area contributed by atoms with Crippen LogP contribution in [-0.4, -0.2) is 36.4 Å². The van der Waals surface area contributed by atoms with Crippen molar-refractivity contribution in [2.75, 3.05) is 12.3 Å². The summed E-state index contributed by atoms with van der Waals surface area (Å²) in [5.74, 6) is 2.86. The van der Waals surface area contributed by atoms with E-state index in [1.807, 2.05) is 19.2 Å². The Morgan fingerprint density at radius 1 is 1.23 bits per heavy atom. The lowest BCUT2D eigenvalue weighted by atomic mass is 10.1. The van der Waals surface area contributed by atoms with Crippen LogP contribution in [0.3, 0.4) is 0 Å². The van der Waals surface area contributed by atoms with E-state index in [4.69, 9.17) is 5.73 Å². The third kappa shape index (κ3) is 2.81. The molecule has 0 saturated carbocycles. The van der Waals surface area contributed by atoms with Crippen molar-refractivity contribution in [2.24, 2.45) is 7.05 Å². The predicted octanol–water partition coefficient (Wildman–Crippen LogP) is 1.65. The predicted molar refractivity (Wildman–Crippen MR) is 83.9 cm³/mol. The summed E-state index contributed by atoms with van der Waals surface area (Å²) in [5.41, 5.74) is 6.61. The van der Waals surface area contributed by atoms with Crippen LogP contribution in [-0.2, 0) is 13.6 Å². The van der Waals surface area contributed by atoms with E-state index in [9.17, 15) is 0 Å². The van der Waals surface area contributed by atoms with Crippen molar-refractivity contribution in [3.05, 3.63) is 29.5 Å². The number of anilines is 1. The lowest BCUT2D eigenvalue weighted by Crippen LogP contribution is -2.25. The van der Waals surface area contributed by atoms with E-state index in [0.717, 1.165) is 43.3 Å². The smallest absolute Gasteiger partial charge is 0.146 e. The molecule has 0 aliphatic carbocycles. The van der Waals surface area contributed by atoms with Crippen LogP contribution in [0.5, 0.6) is 0 Å². The molecule has 2 aromatic heterocycles. The Hall–Kier alpha value is -2.02. The Kier molecular flexibility index (Phi) is 4.06. The van der Waals surface area contributed by atoms with E-state index in [1.54, 1.807) is 0 Å². The molecule has 118 valence electrons. The minimum atomic E-state index is 0.285. The third-order valence-corrected chi connectivity index (χ3v) is 4.27. The van der Waals surface area contributed by atoms with E-state index < -0.39 is 0 Å². The molecule has 0 radical (unpaired) electrons. The number of nitrogens with two attached hydrogens (primary N) is 1. The van der Waals surface area contributed by atoms with E-state index >= 15 is 0 Å². The SMILES string of the molecule is CC(C)c1nnc(CN2CCCC2c2ccc(N)nn2)n1C. The van der Waals surface area contributed by atoms with Gasteiger partial charge in [0.15, 0.2) is 0 Å². The minimum Gasteiger partial charge on any atom is -0.382 e. The molecule has 22 heavy (non-hydrogen) atoms. The second-order valence-corrected chi connectivity index (χ2v) is 6.20. The maximum absolute atomic E-state index is 5.63. The molecule has 1 aliphatic rings. The van der Waals surface area contributed by atoms with Gasteiger partial charge in [-0.15, -0.1) is 15.3 Å². The normalized spacial score (nSPS) is 19.2. The number of nitrogens with zero attached hydrogens (tertiary/aromatic N) is 6. The summed E-state index contributed by atoms with van der Waals surface area (Å²) in [5, 5.41) is 16.9. The van der Waals surface area contributed by atoms with Gasteiger partial charge in [0.05, 0.1) is 18.3 Å². The van der Waals surface area contributed by atoms with Crippen LogP contribution in [0, 0.1) is 0 Å². The van der Waals surface area contributed by atoms with Gasteiger partial charge in [-0.3, -0.25) is 4.90 Å². The van der Waals surface area contributed by atoms with E-state index in [2.05, 4.69) is 43.7 Å². The topological polar surface area (TPSA) is 85.8 Å². The first-order valence-corrected chi connectivity index (χ1v) is 7.77. The van der Waals surface area contributed by atoms with E-state index in [1.165, 1.54) is 0 Å². The fourth-order valence-electron chi connectivity index (χ4n) is 3.08. The summed E-state index contributed by atoms with van der Waals surface area (Å²) >= 11 is 0. The van der Waals surface area contributed by atoms with Crippen molar-refractivity contribution in [3.8, 4) is 0 Å². The maximum Gasteiger partial charge on any atom is 0.146 e. The highest BCUT2D eigenvalue weighted by molar-refractivity contribution is 5.26. The highest BCUT2D eigenvalue weighted by atomic mass is 15.3. The number of rotatable bonds is 4. The van der Waals surface area contributed by atoms with Crippen LogP contribution in [0.4, 0.5) is 5.82 Å². The van der Waals surface area contributed by atoms with Crippen molar-refractivity contribution in [1.82, 2.24) is 29.9 Å². The monoisotopic (exact) mass is 301 g/mol. The molecular formula is C15H23N7. The summed E-state index contributed by atoms with van der Waals surface area (Å²) in [6.45, 7) is 6.10. The largest absolute Gasteiger partial charge is 0.382 e. The second-order valence-electron chi connectivity index (χ2n) is 6.20. The Labute approximate surface area is 130 Å². The van der Waals surface area contributed by atoms with Gasteiger partial charge in [0.25, 0.3) is 0 Å². The molecule has 0 spiro atoms. The van der Waals surface area contributed by atoms with Crippen LogP contribution < -0.4 is 5.73 Å². The number of nitrogen functional groups attached to an aromatic ring is 1. The maximum atomic E-state index is 5.63. The molecule has 0 bridgehead atoms. The van der Waals surface area contributed by atoms with Crippen molar-refractivity contribution in [3.63, 3.8) is 0 Å². The standard InChI is InChI=1S/C15H23N7/c1-10(2)15-20-19-14(21(15)3)9-22-8-4-5-12(22)11-6-7-13(16)18-17-11/h6-7,10,12H,4-5,8-9H2,1-3H3,(H2,16,18). The Morgan fingerprint density at radius 3 is 2.68 bits per heavy atom. The fraction of sp³-hybridized carbons (Fsp3) is 0.600. The van der Waals surface area contributed by atoms with Gasteiger partial charge in [-0.2, -0.15) is 5.10 Å². The summed E-state index contributed by atoms with van der Waals surface area (Å²) in [4.78, 5) is 2.40. The molecule has 2 aromatic rings. The molecule has 3 heterocycles. The molecule has 0 amide bonds. The number of likely N-dealkylation sites (tertiary alicyclic amines) is 1. The molecule has 0 aromatic carbocycles. The molecule has 1 atom stereocenters. The van der Waals surface area contributed by atoms with Crippen molar-refractivity contribution in [2.45, 2.75) is 45.2 Å². The quantitative estimate of drug-likeness (QED) is 0.924. The van der Waals surface area contributed by atoms with Crippen LogP contribution in [0.2, 0.25) is 0 Å². The fourth-order valence-corrected chi connectivity index (χ4v) is 3.08. The van der Waals surface area contributed by atoms with Crippen LogP contribution in [0.1, 0.15) is 56.0 Å². The van der Waals surface area contributed by atoms with Gasteiger partial charge < -0.3 is 10.3 Å². The molecular weight excluding hydrogens is 278 g/mol. The zero-order valence-corrected chi connectivity index (χ0v) is 13.4. The number of aromatic nitrogens is 5. The van der Waals surface area contributed by atoms with Gasteiger partial charge in [0.1, 0.15) is 17.5 Å². The average Bonchev–Trinajstić information content (AvgIpc) is 3.08. The lowest BCUT2D eigenvalue weighted by molar-refractivity contribution is 0.234. The van der Waals surface area contributed by atoms with Gasteiger partial charge in [-0.1, -0.05) is 13.8 Å². The summed E-state index contributed by atoms with van der Waals surface area (Å²) < 4.78 is 2.11. The van der Waals surface area contributed by atoms with Gasteiger partial charge >= 0.3 is 0 Å². The second kappa shape index (κ2) is 6.00. The van der Waals surface area contributed by atoms with E-state index in [-0.39, 0.29) is 6.04 Å². The van der Waals surface area contributed by atoms with Gasteiger partial charge in [-0.05, 0) is 31.5 Å². The van der Waals surface area contributed by atoms with E-state index in [0.29, 0.717) is 11.7 Å². The molecule has 2 N–H and O–H groups in total. The van der Waals surface area contributed by atoms with Crippen LogP contribution >= 0.6 is 0 Å². The molecule has 7 heteroatoms. The third-order valence-electron chi connectivity index (χ3n) is 4.27. The first-order chi connectivity index (χ1) is 10.6. The van der Waals surface area contributed by atoms with Gasteiger partial charge in [0.2, 0.25) is 0 Å². The zero-order chi connectivity index (χ0) is 15.7. The van der Waals surface area contributed by atoms with Gasteiger partial charge in [-0.25, -0.2) is 0 Å². The highest BCUT2D eigenvalue weighted by Gasteiger charge is 2.28. The van der Waals surface area contributed by atoms with Crippen molar-refractivity contribution in [1.29, 1.82) is 0 Å². The van der Waals surface area contributed by atoms with Crippen LogP contribution in [0.15, 0.2) is 12.1 Å². The molecule has 1 fully saturated rings. The minimum absolute atomic E-state index is 0.285. The molecule has 7 nitrogen and oxygen atoms in total. The average molecular weight is 301 g/mol. The first kappa shape index (κ1) is 14.9. The molecule has 1 saturated heterocycles. The summed E-state index contributed by atoms with van der Waals surface area (Å²) in [6.07, 6.45) is 2.25. The van der Waals surface area contributed by atoms with Crippen LogP contribution in [0.25, 0.3) is 0 Å². The molecule has 1 aliphatic heterocycles. The number of hydrogen-bond acceptors (Lipinski definition) is 6. The van der Waals surface area contributed by atoms with Crippen molar-refractivity contribution < 1.29 is 0 Å². The Bertz CT molecular complexity index is 632. The first-order valence-electron chi connectivity index (χ1n) is 7.77. The molecule has 1 unspecified atom stereocenters. The Balaban J connectivity index is 1.78. The highest BCUT2D eigenvalue weighted by Crippen LogP contribution is 2.31. The lowest BCUT2D eigenvalue weighted by Gasteiger charge is -2.23. The summed E-state index contributed by atoms with van der Waals surface area (Å²) in [7, 11) is 2.04.